The Morgan fingerprint density at radius 1 is 1.08 bits per heavy atom. The average molecular weight is 346 g/mol. The van der Waals surface area contributed by atoms with Gasteiger partial charge in [0, 0.05) is 32.4 Å². The van der Waals surface area contributed by atoms with Crippen molar-refractivity contribution in [3.8, 4) is 6.07 Å². The predicted octanol–water partition coefficient (Wildman–Crippen LogP) is 2.72. The van der Waals surface area contributed by atoms with Gasteiger partial charge in [-0.2, -0.15) is 5.26 Å². The molecule has 1 saturated carbocycles. The van der Waals surface area contributed by atoms with Crippen LogP contribution >= 0.6 is 0 Å². The number of anilines is 1. The fraction of sp³-hybridized carbons (Fsp3) is 0.381. The first-order valence-corrected chi connectivity index (χ1v) is 9.20. The molecule has 1 saturated heterocycles. The summed E-state index contributed by atoms with van der Waals surface area (Å²) < 4.78 is 0. The molecule has 2 heterocycles. The van der Waals surface area contributed by atoms with Crippen LogP contribution in [0.2, 0.25) is 0 Å². The maximum atomic E-state index is 12.6. The summed E-state index contributed by atoms with van der Waals surface area (Å²) >= 11 is 0. The highest BCUT2D eigenvalue weighted by Gasteiger charge is 2.24. The molecule has 0 spiro atoms. The molecule has 132 valence electrons. The number of amides is 1. The molecule has 0 bridgehead atoms. The van der Waals surface area contributed by atoms with Crippen molar-refractivity contribution in [3.63, 3.8) is 0 Å². The second kappa shape index (κ2) is 7.17. The van der Waals surface area contributed by atoms with E-state index in [-0.39, 0.29) is 5.91 Å². The summed E-state index contributed by atoms with van der Waals surface area (Å²) in [5.74, 6) is 1.81. The maximum absolute atomic E-state index is 12.6. The summed E-state index contributed by atoms with van der Waals surface area (Å²) in [6.45, 7) is 2.96. The number of rotatable bonds is 4. The largest absolute Gasteiger partial charge is 0.353 e. The minimum atomic E-state index is 0.191. The predicted molar refractivity (Wildman–Crippen MR) is 99.9 cm³/mol. The summed E-state index contributed by atoms with van der Waals surface area (Å²) in [6, 6.07) is 14.3. The van der Waals surface area contributed by atoms with E-state index in [1.165, 1.54) is 18.4 Å². The van der Waals surface area contributed by atoms with Gasteiger partial charge in [0.05, 0.1) is 12.0 Å². The summed E-state index contributed by atoms with van der Waals surface area (Å²) in [7, 11) is 0. The second-order valence-electron chi connectivity index (χ2n) is 7.08. The fourth-order valence-corrected chi connectivity index (χ4v) is 3.43. The van der Waals surface area contributed by atoms with E-state index < -0.39 is 0 Å². The normalized spacial score (nSPS) is 17.0. The molecule has 2 fully saturated rings. The van der Waals surface area contributed by atoms with E-state index in [9.17, 15) is 4.79 Å². The van der Waals surface area contributed by atoms with Crippen LogP contribution in [0.25, 0.3) is 0 Å². The van der Waals surface area contributed by atoms with Crippen LogP contribution in [0.5, 0.6) is 0 Å². The Labute approximate surface area is 153 Å². The first-order valence-electron chi connectivity index (χ1n) is 9.20. The molecule has 1 aliphatic carbocycles. The lowest BCUT2D eigenvalue weighted by atomic mass is 10.1. The number of piperazine rings is 1. The zero-order valence-corrected chi connectivity index (χ0v) is 14.8. The van der Waals surface area contributed by atoms with Crippen LogP contribution < -0.4 is 4.90 Å². The Bertz CT molecular complexity index is 811. The molecule has 5 nitrogen and oxygen atoms in total. The molecule has 0 N–H and O–H groups in total. The summed E-state index contributed by atoms with van der Waals surface area (Å²) in [4.78, 5) is 21.0. The van der Waals surface area contributed by atoms with Crippen molar-refractivity contribution >= 4 is 11.7 Å². The van der Waals surface area contributed by atoms with Crippen molar-refractivity contribution in [1.29, 1.82) is 5.26 Å². The van der Waals surface area contributed by atoms with Gasteiger partial charge in [-0.3, -0.25) is 4.79 Å². The van der Waals surface area contributed by atoms with Gasteiger partial charge in [-0.15, -0.1) is 0 Å². The van der Waals surface area contributed by atoms with Crippen LogP contribution in [-0.4, -0.2) is 42.0 Å². The molecule has 4 rings (SSSR count). The molecule has 5 heteroatoms. The number of nitrogens with zero attached hydrogens (tertiary/aromatic N) is 4. The lowest BCUT2D eigenvalue weighted by Gasteiger charge is -2.35. The molecule has 1 aromatic carbocycles. The van der Waals surface area contributed by atoms with E-state index in [0.717, 1.165) is 30.4 Å². The third kappa shape index (κ3) is 3.70. The SMILES string of the molecule is N#Cc1ccc(N2CCN(C(=O)Cc3ccc(C4CC4)cc3)CC2)nc1. The standard InChI is InChI=1S/C21H22N4O/c22-14-17-3-8-20(23-15-17)24-9-11-25(12-10-24)21(26)13-16-1-4-18(5-2-16)19-6-7-19/h1-5,8,15,19H,6-7,9-13H2. The highest BCUT2D eigenvalue weighted by atomic mass is 16.2. The van der Waals surface area contributed by atoms with Crippen molar-refractivity contribution in [2.24, 2.45) is 0 Å². The van der Waals surface area contributed by atoms with Gasteiger partial charge >= 0.3 is 0 Å². The van der Waals surface area contributed by atoms with Crippen molar-refractivity contribution in [2.75, 3.05) is 31.1 Å². The molecule has 1 aromatic heterocycles. The molecule has 1 aliphatic heterocycles. The van der Waals surface area contributed by atoms with Crippen molar-refractivity contribution < 1.29 is 4.79 Å². The third-order valence-corrected chi connectivity index (χ3v) is 5.22. The van der Waals surface area contributed by atoms with Crippen LogP contribution in [0.1, 0.15) is 35.4 Å². The van der Waals surface area contributed by atoms with Crippen LogP contribution in [0.3, 0.4) is 0 Å². The van der Waals surface area contributed by atoms with Gasteiger partial charge in [0.25, 0.3) is 0 Å². The number of hydrogen-bond donors (Lipinski definition) is 0. The molecule has 2 aliphatic rings. The number of pyridine rings is 1. The fourth-order valence-electron chi connectivity index (χ4n) is 3.43. The molecule has 0 unspecified atom stereocenters. The molecule has 0 atom stereocenters. The number of nitriles is 1. The molecule has 1 amide bonds. The van der Waals surface area contributed by atoms with E-state index in [1.54, 1.807) is 12.3 Å². The highest BCUT2D eigenvalue weighted by molar-refractivity contribution is 5.79. The molecule has 0 radical (unpaired) electrons. The quantitative estimate of drug-likeness (QED) is 0.854. The third-order valence-electron chi connectivity index (χ3n) is 5.22. The van der Waals surface area contributed by atoms with Crippen LogP contribution in [0.4, 0.5) is 5.82 Å². The number of benzene rings is 1. The first kappa shape index (κ1) is 16.6. The zero-order chi connectivity index (χ0) is 17.9. The lowest BCUT2D eigenvalue weighted by Crippen LogP contribution is -2.49. The minimum Gasteiger partial charge on any atom is -0.353 e. The average Bonchev–Trinajstić information content (AvgIpc) is 3.54. The number of hydrogen-bond acceptors (Lipinski definition) is 4. The van der Waals surface area contributed by atoms with Crippen LogP contribution in [0.15, 0.2) is 42.6 Å². The second-order valence-corrected chi connectivity index (χ2v) is 7.08. The van der Waals surface area contributed by atoms with E-state index in [4.69, 9.17) is 5.26 Å². The summed E-state index contributed by atoms with van der Waals surface area (Å²) in [5, 5.41) is 8.85. The van der Waals surface area contributed by atoms with Gasteiger partial charge < -0.3 is 9.80 Å². The topological polar surface area (TPSA) is 60.2 Å². The monoisotopic (exact) mass is 346 g/mol. The Hall–Kier alpha value is -2.87. The van der Waals surface area contributed by atoms with Gasteiger partial charge in [-0.1, -0.05) is 24.3 Å². The molecule has 2 aromatic rings. The molecular weight excluding hydrogens is 324 g/mol. The van der Waals surface area contributed by atoms with E-state index in [1.807, 2.05) is 11.0 Å². The Morgan fingerprint density at radius 2 is 1.81 bits per heavy atom. The van der Waals surface area contributed by atoms with E-state index >= 15 is 0 Å². The van der Waals surface area contributed by atoms with Gasteiger partial charge in [-0.25, -0.2) is 4.98 Å². The van der Waals surface area contributed by atoms with Crippen LogP contribution in [-0.2, 0) is 11.2 Å². The van der Waals surface area contributed by atoms with Crippen molar-refractivity contribution in [3.05, 3.63) is 59.3 Å². The van der Waals surface area contributed by atoms with E-state index in [2.05, 4.69) is 40.2 Å². The number of carbonyl (C=O) groups excluding carboxylic acids is 1. The highest BCUT2D eigenvalue weighted by Crippen LogP contribution is 2.39. The van der Waals surface area contributed by atoms with Crippen molar-refractivity contribution in [1.82, 2.24) is 9.88 Å². The molecule has 26 heavy (non-hydrogen) atoms. The van der Waals surface area contributed by atoms with Crippen LogP contribution in [0, 0.1) is 11.3 Å². The summed E-state index contributed by atoms with van der Waals surface area (Å²) in [6.07, 6.45) is 4.67. The smallest absolute Gasteiger partial charge is 0.227 e. The van der Waals surface area contributed by atoms with Gasteiger partial charge in [-0.05, 0) is 42.0 Å². The van der Waals surface area contributed by atoms with Gasteiger partial charge in [0.15, 0.2) is 0 Å². The van der Waals surface area contributed by atoms with Crippen molar-refractivity contribution in [2.45, 2.75) is 25.2 Å². The first-order chi connectivity index (χ1) is 12.7. The summed E-state index contributed by atoms with van der Waals surface area (Å²) in [5.41, 5.74) is 3.07. The molecular formula is C21H22N4O. The Morgan fingerprint density at radius 3 is 2.38 bits per heavy atom. The zero-order valence-electron chi connectivity index (χ0n) is 14.8. The number of carbonyl (C=O) groups is 1. The Kier molecular flexibility index (Phi) is 4.57. The Balaban J connectivity index is 1.30. The van der Waals surface area contributed by atoms with Gasteiger partial charge in [0.1, 0.15) is 11.9 Å². The van der Waals surface area contributed by atoms with Gasteiger partial charge in [0.2, 0.25) is 5.91 Å². The maximum Gasteiger partial charge on any atom is 0.227 e. The lowest BCUT2D eigenvalue weighted by molar-refractivity contribution is -0.130. The van der Waals surface area contributed by atoms with E-state index in [0.29, 0.717) is 25.1 Å². The number of aromatic nitrogens is 1. The minimum absolute atomic E-state index is 0.191.